The molecule has 0 unspecified atom stereocenters. The number of hydrogen-bond acceptors (Lipinski definition) is 7. The maximum absolute atomic E-state index is 14.5. The van der Waals surface area contributed by atoms with Crippen molar-refractivity contribution in [1.29, 1.82) is 0 Å². The van der Waals surface area contributed by atoms with Gasteiger partial charge in [0.15, 0.2) is 5.82 Å². The Morgan fingerprint density at radius 2 is 1.71 bits per heavy atom. The van der Waals surface area contributed by atoms with Crippen molar-refractivity contribution in [2.45, 2.75) is 88.6 Å². The number of carbonyl (C=O) groups is 1. The van der Waals surface area contributed by atoms with Crippen LogP contribution in [0.5, 0.6) is 6.01 Å². The van der Waals surface area contributed by atoms with E-state index in [0.717, 1.165) is 62.3 Å². The van der Waals surface area contributed by atoms with Crippen LogP contribution in [0, 0.1) is 10.8 Å². The summed E-state index contributed by atoms with van der Waals surface area (Å²) in [5.74, 6) is -3.46. The van der Waals surface area contributed by atoms with Crippen molar-refractivity contribution < 1.29 is 27.2 Å². The zero-order valence-corrected chi connectivity index (χ0v) is 23.8. The molecule has 1 amide bonds. The number of ether oxygens (including phenoxy) is 1. The van der Waals surface area contributed by atoms with Crippen molar-refractivity contribution in [3.8, 4) is 17.1 Å². The van der Waals surface area contributed by atoms with E-state index in [-0.39, 0.29) is 16.7 Å². The van der Waals surface area contributed by atoms with Crippen molar-refractivity contribution in [2.24, 2.45) is 10.8 Å². The Kier molecular flexibility index (Phi) is 6.02. The molecule has 11 heteroatoms. The second kappa shape index (κ2) is 9.25. The van der Waals surface area contributed by atoms with Gasteiger partial charge in [0.2, 0.25) is 5.91 Å². The molecule has 42 heavy (non-hydrogen) atoms. The van der Waals surface area contributed by atoms with Crippen LogP contribution in [0.25, 0.3) is 11.1 Å². The molecule has 6 fully saturated rings. The lowest BCUT2D eigenvalue weighted by Gasteiger charge is -2.65. The Balaban J connectivity index is 1.15. The number of carbonyl (C=O) groups excluding carboxylic acids is 1. The summed E-state index contributed by atoms with van der Waals surface area (Å²) >= 11 is 0. The van der Waals surface area contributed by atoms with Gasteiger partial charge in [-0.3, -0.25) is 4.79 Å². The number of rotatable bonds is 9. The van der Waals surface area contributed by atoms with Crippen molar-refractivity contribution in [2.75, 3.05) is 18.1 Å². The fraction of sp³-hybridized carbons (Fsp3) is 0.581. The summed E-state index contributed by atoms with van der Waals surface area (Å²) < 4.78 is 52.4. The van der Waals surface area contributed by atoms with Crippen molar-refractivity contribution in [3.63, 3.8) is 0 Å². The molecule has 9 rings (SSSR count). The molecule has 0 spiro atoms. The molecule has 0 atom stereocenters. The van der Waals surface area contributed by atoms with E-state index >= 15 is 0 Å². The molecule has 2 aromatic heterocycles. The van der Waals surface area contributed by atoms with Crippen LogP contribution in [0.3, 0.4) is 0 Å². The first-order valence-electron chi connectivity index (χ1n) is 14.8. The van der Waals surface area contributed by atoms with Gasteiger partial charge in [0.25, 0.3) is 5.89 Å². The molecule has 6 saturated carbocycles. The smallest absolute Gasteiger partial charge is 0.322 e. The summed E-state index contributed by atoms with van der Waals surface area (Å²) in [6, 6.07) is 8.10. The van der Waals surface area contributed by atoms with E-state index in [2.05, 4.69) is 20.1 Å². The van der Waals surface area contributed by atoms with E-state index in [1.807, 2.05) is 36.1 Å². The van der Waals surface area contributed by atoms with E-state index in [1.165, 1.54) is 0 Å². The maximum Gasteiger partial charge on any atom is 0.322 e. The molecule has 1 aromatic carbocycles. The third-order valence-corrected chi connectivity index (χ3v) is 10.2. The van der Waals surface area contributed by atoms with Gasteiger partial charge in [-0.25, -0.2) is 14.4 Å². The number of hydrogen-bond donors (Lipinski definition) is 0. The third-order valence-electron chi connectivity index (χ3n) is 10.2. The summed E-state index contributed by atoms with van der Waals surface area (Å²) in [6.07, 6.45) is 8.95. The van der Waals surface area contributed by atoms with Crippen LogP contribution in [0.1, 0.15) is 83.3 Å². The number of benzene rings is 1. The molecule has 6 aliphatic rings. The first-order valence-corrected chi connectivity index (χ1v) is 14.8. The molecule has 8 nitrogen and oxygen atoms in total. The second-order valence-electron chi connectivity index (χ2n) is 13.2. The highest BCUT2D eigenvalue weighted by molar-refractivity contribution is 6.00. The van der Waals surface area contributed by atoms with Crippen molar-refractivity contribution in [1.82, 2.24) is 20.1 Å². The first kappa shape index (κ1) is 27.3. The molecule has 2 heterocycles. The predicted molar refractivity (Wildman–Crippen MR) is 147 cm³/mol. The lowest BCUT2D eigenvalue weighted by molar-refractivity contribution is -0.211. The largest absolute Gasteiger partial charge is 0.464 e. The average molecular weight is 582 g/mol. The fourth-order valence-corrected chi connectivity index (χ4v) is 7.77. The summed E-state index contributed by atoms with van der Waals surface area (Å²) in [6.45, 7) is 3.63. The van der Waals surface area contributed by atoms with Crippen molar-refractivity contribution >= 4 is 11.6 Å². The Morgan fingerprint density at radius 3 is 2.29 bits per heavy atom. The lowest BCUT2D eigenvalue weighted by atomic mass is 9.41. The lowest BCUT2D eigenvalue weighted by Crippen LogP contribution is -2.71. The van der Waals surface area contributed by atoms with Gasteiger partial charge in [-0.1, -0.05) is 17.3 Å². The molecule has 6 aliphatic carbocycles. The minimum atomic E-state index is -3.18. The molecule has 0 N–H and O–H groups in total. The van der Waals surface area contributed by atoms with Gasteiger partial charge >= 0.3 is 11.9 Å². The highest BCUT2D eigenvalue weighted by atomic mass is 19.3. The van der Waals surface area contributed by atoms with Crippen LogP contribution in [0.15, 0.2) is 41.2 Å². The van der Waals surface area contributed by atoms with Crippen molar-refractivity contribution in [3.05, 3.63) is 48.4 Å². The molecule has 222 valence electrons. The molecule has 0 aliphatic heterocycles. The minimum absolute atomic E-state index is 0.00751. The van der Waals surface area contributed by atoms with E-state index < -0.39 is 22.9 Å². The summed E-state index contributed by atoms with van der Waals surface area (Å²) in [5, 5.41) is 3.97. The van der Waals surface area contributed by atoms with Gasteiger partial charge in [0, 0.05) is 42.5 Å². The van der Waals surface area contributed by atoms with Crippen LogP contribution in [-0.2, 0) is 16.1 Å². The molecule has 0 saturated heterocycles. The number of aromatic nitrogens is 4. The van der Waals surface area contributed by atoms with E-state index in [0.29, 0.717) is 44.2 Å². The molecule has 3 aromatic rings. The summed E-state index contributed by atoms with van der Waals surface area (Å²) in [5.41, 5.74) is 0.125. The van der Waals surface area contributed by atoms with Crippen LogP contribution in [0.2, 0.25) is 0 Å². The fourth-order valence-electron chi connectivity index (χ4n) is 7.77. The van der Waals surface area contributed by atoms with Gasteiger partial charge in [-0.15, -0.1) is 0 Å². The second-order valence-corrected chi connectivity index (χ2v) is 13.2. The Morgan fingerprint density at radius 1 is 1.05 bits per heavy atom. The Bertz CT molecular complexity index is 1470. The van der Waals surface area contributed by atoms with Crippen LogP contribution in [-0.4, -0.2) is 44.8 Å². The van der Waals surface area contributed by atoms with Crippen LogP contribution >= 0.6 is 0 Å². The quantitative estimate of drug-likeness (QED) is 0.283. The van der Waals surface area contributed by atoms with Gasteiger partial charge in [-0.2, -0.15) is 13.8 Å². The topological polar surface area (TPSA) is 94.2 Å². The first-order chi connectivity index (χ1) is 20.0. The molecular weight excluding hydrogens is 547 g/mol. The summed E-state index contributed by atoms with van der Waals surface area (Å²) in [7, 11) is 0. The number of fused-ring (bicyclic) bond motifs is 3. The van der Waals surface area contributed by atoms with Crippen LogP contribution in [0.4, 0.5) is 18.9 Å². The third kappa shape index (κ3) is 4.38. The zero-order valence-electron chi connectivity index (χ0n) is 23.8. The number of halogens is 3. The summed E-state index contributed by atoms with van der Waals surface area (Å²) in [4.78, 5) is 28.7. The average Bonchev–Trinajstić information content (AvgIpc) is 3.48. The van der Waals surface area contributed by atoms with Gasteiger partial charge in [0.05, 0.1) is 12.0 Å². The molecular formula is C31H34F3N5O3. The Labute approximate surface area is 242 Å². The van der Waals surface area contributed by atoms with E-state index in [9.17, 15) is 18.0 Å². The van der Waals surface area contributed by atoms with Gasteiger partial charge < -0.3 is 14.2 Å². The van der Waals surface area contributed by atoms with E-state index in [4.69, 9.17) is 9.26 Å². The number of nitrogens with zero attached hydrogens (tertiary/aromatic N) is 5. The van der Waals surface area contributed by atoms with Gasteiger partial charge in [-0.05, 0) is 87.8 Å². The number of anilines is 1. The standard InChI is InChI=1S/C31H34F3N5O3/c1-3-41-26-35-14-21(15-36-26)20-5-4-6-22(13-20)39(25(40)30-16-31(34,17-30)18-30)19-28-7-10-29(11-8-28,12-9-28)23-37-24(42-38-23)27(2,32)33/h4-6,13-15H,3,7-12,16-19H2,1-2H3. The Hall–Kier alpha value is -3.50. The van der Waals surface area contributed by atoms with Crippen LogP contribution < -0.4 is 9.64 Å². The highest BCUT2D eigenvalue weighted by Gasteiger charge is 2.73. The molecule has 4 bridgehead atoms. The molecule has 0 radical (unpaired) electrons. The number of amides is 1. The SMILES string of the molecule is CCOc1ncc(-c2cccc(N(CC34CCC(c5noc(C(C)(F)F)n5)(CC3)CC4)C(=O)C34CC(F)(C3)C4)c2)cn1. The van der Waals surface area contributed by atoms with E-state index in [1.54, 1.807) is 12.4 Å². The number of alkyl halides is 3. The maximum atomic E-state index is 14.5. The minimum Gasteiger partial charge on any atom is -0.464 e. The zero-order chi connectivity index (χ0) is 29.4. The highest BCUT2D eigenvalue weighted by Crippen LogP contribution is 2.70. The monoisotopic (exact) mass is 581 g/mol. The predicted octanol–water partition coefficient (Wildman–Crippen LogP) is 6.55. The van der Waals surface area contributed by atoms with Gasteiger partial charge in [0.1, 0.15) is 5.67 Å². The normalized spacial score (nSPS) is 31.3.